The summed E-state index contributed by atoms with van der Waals surface area (Å²) in [5.41, 5.74) is 1.10. The van der Waals surface area contributed by atoms with Crippen LogP contribution in [0.1, 0.15) is 15.9 Å². The Morgan fingerprint density at radius 3 is 2.33 bits per heavy atom. The third-order valence-corrected chi connectivity index (χ3v) is 3.65. The van der Waals surface area contributed by atoms with E-state index < -0.39 is 23.9 Å². The fourth-order valence-corrected chi connectivity index (χ4v) is 2.26. The van der Waals surface area contributed by atoms with Crippen LogP contribution in [-0.4, -0.2) is 73.9 Å². The van der Waals surface area contributed by atoms with Crippen LogP contribution in [0.2, 0.25) is 0 Å². The molecule has 11 nitrogen and oxygen atoms in total. The van der Waals surface area contributed by atoms with Crippen molar-refractivity contribution in [1.82, 2.24) is 4.90 Å². The molecule has 0 aliphatic rings. The van der Waals surface area contributed by atoms with E-state index in [9.17, 15) is 19.2 Å². The fourth-order valence-electron chi connectivity index (χ4n) is 2.26. The molecule has 164 valence electrons. The van der Waals surface area contributed by atoms with Crippen molar-refractivity contribution in [3.05, 3.63) is 47.5 Å². The van der Waals surface area contributed by atoms with Crippen molar-refractivity contribution in [3.8, 4) is 0 Å². The second-order valence-electron chi connectivity index (χ2n) is 6.01. The summed E-state index contributed by atoms with van der Waals surface area (Å²) in [6.45, 7) is 2.95. The topological polar surface area (TPSA) is 155 Å². The highest BCUT2D eigenvalue weighted by atomic mass is 16.7. The largest absolute Gasteiger partial charge is 0.480 e. The van der Waals surface area contributed by atoms with E-state index in [1.54, 1.807) is 12.1 Å². The number of hydrogen-bond acceptors (Lipinski definition) is 10. The molecule has 0 radical (unpaired) electrons. The number of carboxylic acid groups (broad SMARTS) is 1. The number of carbonyl (C=O) groups excluding carboxylic acids is 3. The predicted molar refractivity (Wildman–Crippen MR) is 102 cm³/mol. The maximum absolute atomic E-state index is 12.0. The van der Waals surface area contributed by atoms with Gasteiger partial charge >= 0.3 is 23.9 Å². The van der Waals surface area contributed by atoms with Crippen molar-refractivity contribution < 1.29 is 43.3 Å². The zero-order valence-electron chi connectivity index (χ0n) is 16.5. The second kappa shape index (κ2) is 13.0. The molecule has 0 spiro atoms. The van der Waals surface area contributed by atoms with Gasteiger partial charge in [0.05, 0.1) is 44.5 Å². The van der Waals surface area contributed by atoms with Crippen LogP contribution in [-0.2, 0) is 40.0 Å². The first kappa shape index (κ1) is 24.8. The first-order chi connectivity index (χ1) is 14.3. The van der Waals surface area contributed by atoms with Crippen LogP contribution in [0, 0.1) is 0 Å². The number of rotatable bonds is 13. The van der Waals surface area contributed by atoms with Gasteiger partial charge in [-0.1, -0.05) is 18.7 Å². The first-order valence-electron chi connectivity index (χ1n) is 8.70. The number of carbonyl (C=O) groups is 4. The van der Waals surface area contributed by atoms with Gasteiger partial charge in [-0.3, -0.25) is 9.69 Å². The van der Waals surface area contributed by atoms with E-state index in [0.717, 1.165) is 0 Å². The summed E-state index contributed by atoms with van der Waals surface area (Å²) in [5, 5.41) is 8.93. The average Bonchev–Trinajstić information content (AvgIpc) is 2.72. The van der Waals surface area contributed by atoms with Crippen molar-refractivity contribution in [1.29, 1.82) is 0 Å². The van der Waals surface area contributed by atoms with E-state index in [2.05, 4.69) is 16.2 Å². The van der Waals surface area contributed by atoms with Crippen LogP contribution in [0.5, 0.6) is 0 Å². The lowest BCUT2D eigenvalue weighted by Gasteiger charge is -2.18. The van der Waals surface area contributed by atoms with Crippen molar-refractivity contribution in [2.75, 3.05) is 40.0 Å². The number of ether oxygens (including phenoxy) is 3. The van der Waals surface area contributed by atoms with E-state index in [1.807, 2.05) is 0 Å². The molecule has 0 aromatic heterocycles. The molecule has 0 heterocycles. The van der Waals surface area contributed by atoms with Gasteiger partial charge in [0.2, 0.25) is 0 Å². The standard InChI is InChI=1S/C19H24N2O9/c1-13(18(25)27-2)12-28-7-8-29-19(26)15-5-3-14(4-6-15)9-21(10-16(22)23)11-17(24)30-20/h3-6H,1,7-12,20H2,2H3,(H,22,23). The minimum absolute atomic E-state index is 0.0252. The number of methoxy groups -OCH3 is 1. The maximum atomic E-state index is 12.0. The van der Waals surface area contributed by atoms with Gasteiger partial charge in [0.1, 0.15) is 6.61 Å². The van der Waals surface area contributed by atoms with Crippen LogP contribution in [0.25, 0.3) is 0 Å². The van der Waals surface area contributed by atoms with Gasteiger partial charge in [-0.2, -0.15) is 5.90 Å². The monoisotopic (exact) mass is 424 g/mol. The lowest BCUT2D eigenvalue weighted by Crippen LogP contribution is -2.35. The molecule has 0 saturated carbocycles. The molecule has 1 aromatic rings. The molecule has 1 rings (SSSR count). The second-order valence-corrected chi connectivity index (χ2v) is 6.01. The Bertz CT molecular complexity index is 762. The van der Waals surface area contributed by atoms with Gasteiger partial charge in [-0.05, 0) is 17.7 Å². The molecule has 0 amide bonds. The molecule has 11 heteroatoms. The molecular weight excluding hydrogens is 400 g/mol. The summed E-state index contributed by atoms with van der Waals surface area (Å²) in [4.78, 5) is 50.8. The number of nitrogens with two attached hydrogens (primary N) is 1. The van der Waals surface area contributed by atoms with E-state index in [1.165, 1.54) is 24.1 Å². The quantitative estimate of drug-likeness (QED) is 0.189. The summed E-state index contributed by atoms with van der Waals surface area (Å²) in [6, 6.07) is 6.24. The highest BCUT2D eigenvalue weighted by Gasteiger charge is 2.16. The SMILES string of the molecule is C=C(COCCOC(=O)c1ccc(CN(CC(=O)O)CC(=O)ON)cc1)C(=O)OC. The lowest BCUT2D eigenvalue weighted by atomic mass is 10.1. The molecule has 0 aliphatic carbocycles. The zero-order chi connectivity index (χ0) is 22.5. The molecule has 0 unspecified atom stereocenters. The van der Waals surface area contributed by atoms with Crippen LogP contribution >= 0.6 is 0 Å². The number of carboxylic acids is 1. The van der Waals surface area contributed by atoms with Gasteiger partial charge < -0.3 is 24.2 Å². The zero-order valence-corrected chi connectivity index (χ0v) is 16.5. The van der Waals surface area contributed by atoms with E-state index in [0.29, 0.717) is 5.56 Å². The van der Waals surface area contributed by atoms with Crippen molar-refractivity contribution in [2.24, 2.45) is 5.90 Å². The molecule has 0 atom stereocenters. The van der Waals surface area contributed by atoms with E-state index in [4.69, 9.17) is 20.5 Å². The first-order valence-corrected chi connectivity index (χ1v) is 8.70. The number of aliphatic carboxylic acids is 1. The molecular formula is C19H24N2O9. The van der Waals surface area contributed by atoms with Crippen molar-refractivity contribution >= 4 is 23.9 Å². The van der Waals surface area contributed by atoms with Crippen LogP contribution in [0.15, 0.2) is 36.4 Å². The summed E-state index contributed by atoms with van der Waals surface area (Å²) in [5.74, 6) is 1.75. The molecule has 0 fully saturated rings. The number of benzene rings is 1. The Labute approximate surface area is 172 Å². The summed E-state index contributed by atoms with van der Waals surface area (Å²) in [6.07, 6.45) is 0. The van der Waals surface area contributed by atoms with Gasteiger partial charge in [-0.15, -0.1) is 0 Å². The highest BCUT2D eigenvalue weighted by molar-refractivity contribution is 5.89. The number of nitrogens with zero attached hydrogens (tertiary/aromatic N) is 1. The van der Waals surface area contributed by atoms with Crippen LogP contribution < -0.4 is 5.90 Å². The average molecular weight is 424 g/mol. The molecule has 30 heavy (non-hydrogen) atoms. The molecule has 1 aromatic carbocycles. The molecule has 3 N–H and O–H groups in total. The van der Waals surface area contributed by atoms with Gasteiger partial charge in [0.15, 0.2) is 0 Å². The molecule has 0 aliphatic heterocycles. The van der Waals surface area contributed by atoms with Gasteiger partial charge in [-0.25, -0.2) is 14.4 Å². The van der Waals surface area contributed by atoms with E-state index >= 15 is 0 Å². The Morgan fingerprint density at radius 2 is 1.77 bits per heavy atom. The van der Waals surface area contributed by atoms with Crippen molar-refractivity contribution in [2.45, 2.75) is 6.54 Å². The Morgan fingerprint density at radius 1 is 1.10 bits per heavy atom. The maximum Gasteiger partial charge on any atom is 0.338 e. The van der Waals surface area contributed by atoms with Crippen LogP contribution in [0.3, 0.4) is 0 Å². The van der Waals surface area contributed by atoms with Gasteiger partial charge in [0, 0.05) is 6.54 Å². The Kier molecular flexibility index (Phi) is 10.8. The number of esters is 2. The van der Waals surface area contributed by atoms with Crippen LogP contribution in [0.4, 0.5) is 0 Å². The summed E-state index contributed by atoms with van der Waals surface area (Å²) >= 11 is 0. The summed E-state index contributed by atoms with van der Waals surface area (Å²) < 4.78 is 14.7. The fraction of sp³-hybridized carbons (Fsp3) is 0.368. The Hall–Kier alpha value is -3.28. The Balaban J connectivity index is 2.49. The normalized spacial score (nSPS) is 10.4. The smallest absolute Gasteiger partial charge is 0.338 e. The molecule has 0 bridgehead atoms. The number of hydrogen-bond donors (Lipinski definition) is 2. The minimum Gasteiger partial charge on any atom is -0.480 e. The molecule has 0 saturated heterocycles. The van der Waals surface area contributed by atoms with E-state index in [-0.39, 0.29) is 50.6 Å². The minimum atomic E-state index is -1.11. The van der Waals surface area contributed by atoms with Crippen molar-refractivity contribution in [3.63, 3.8) is 0 Å². The lowest BCUT2D eigenvalue weighted by molar-refractivity contribution is -0.147. The highest BCUT2D eigenvalue weighted by Crippen LogP contribution is 2.09. The third kappa shape index (κ3) is 9.28. The third-order valence-electron chi connectivity index (χ3n) is 3.65. The summed E-state index contributed by atoms with van der Waals surface area (Å²) in [7, 11) is 1.23. The van der Waals surface area contributed by atoms with Gasteiger partial charge in [0.25, 0.3) is 0 Å². The predicted octanol–water partition coefficient (Wildman–Crippen LogP) is -0.107.